The number of hydrogen-bond acceptors (Lipinski definition) is 6. The number of amides is 1. The number of nitrogens with zero attached hydrogens (tertiary/aromatic N) is 2. The van der Waals surface area contributed by atoms with E-state index in [1.54, 1.807) is 64.3 Å². The van der Waals surface area contributed by atoms with Gasteiger partial charge in [0.05, 0.1) is 19.3 Å². The highest BCUT2D eigenvalue weighted by atomic mass is 32.2. The summed E-state index contributed by atoms with van der Waals surface area (Å²) >= 11 is 0. The maximum absolute atomic E-state index is 13.3. The van der Waals surface area contributed by atoms with Crippen molar-refractivity contribution < 1.29 is 22.7 Å². The minimum atomic E-state index is -3.92. The summed E-state index contributed by atoms with van der Waals surface area (Å²) in [5.74, 6) is 0.815. The molecule has 166 valence electrons. The van der Waals surface area contributed by atoms with Crippen LogP contribution in [0.1, 0.15) is 38.0 Å². The predicted octanol–water partition coefficient (Wildman–Crippen LogP) is 3.62. The largest absolute Gasteiger partial charge is 0.497 e. The molecule has 1 aliphatic heterocycles. The molecule has 0 N–H and O–H groups in total. The molecule has 0 radical (unpaired) electrons. The van der Waals surface area contributed by atoms with Gasteiger partial charge in [-0.05, 0) is 38.5 Å². The molecule has 1 unspecified atom stereocenters. The van der Waals surface area contributed by atoms with E-state index < -0.39 is 26.7 Å². The van der Waals surface area contributed by atoms with Gasteiger partial charge in [-0.3, -0.25) is 9.79 Å². The first kappa shape index (κ1) is 22.8. The van der Waals surface area contributed by atoms with Crippen molar-refractivity contribution in [3.05, 3.63) is 60.2 Å². The normalized spacial score (nSPS) is 19.6. The Hall–Kier alpha value is -2.87. The second kappa shape index (κ2) is 9.09. The van der Waals surface area contributed by atoms with Gasteiger partial charge in [-0.1, -0.05) is 36.4 Å². The number of methoxy groups -OCH3 is 1. The van der Waals surface area contributed by atoms with E-state index in [1.807, 2.05) is 18.2 Å². The Kier molecular flexibility index (Phi) is 6.69. The lowest BCUT2D eigenvalue weighted by molar-refractivity contribution is -0.122. The zero-order valence-electron chi connectivity index (χ0n) is 18.2. The molecule has 1 aliphatic rings. The highest BCUT2D eigenvalue weighted by molar-refractivity contribution is 7.91. The summed E-state index contributed by atoms with van der Waals surface area (Å²) in [5, 5.41) is -1.10. The first-order valence-corrected chi connectivity index (χ1v) is 11.6. The monoisotopic (exact) mass is 444 g/mol. The van der Waals surface area contributed by atoms with E-state index in [0.717, 1.165) is 4.31 Å². The van der Waals surface area contributed by atoms with E-state index in [4.69, 9.17) is 9.47 Å². The first-order chi connectivity index (χ1) is 14.7. The van der Waals surface area contributed by atoms with Crippen molar-refractivity contribution >= 4 is 21.6 Å². The van der Waals surface area contributed by atoms with Crippen LogP contribution in [0.3, 0.4) is 0 Å². The smallest absolute Gasteiger partial charge is 0.283 e. The van der Waals surface area contributed by atoms with Crippen LogP contribution in [0.5, 0.6) is 11.5 Å². The molecule has 0 aliphatic carbocycles. The average Bonchev–Trinajstić information content (AvgIpc) is 2.93. The standard InChI is InChI=1S/C23H28N2O5S/c1-23(2,3)25-22(26)20(21(31(25,27)28)17-10-6-5-7-11-17)24-14-9-15-30-19-13-8-12-18(16-19)29-4/h5-8,10-13,16,21H,9,14-15H2,1-4H3. The van der Waals surface area contributed by atoms with Crippen LogP contribution in [-0.2, 0) is 14.8 Å². The topological polar surface area (TPSA) is 85.3 Å². The van der Waals surface area contributed by atoms with Crippen LogP contribution < -0.4 is 9.47 Å². The SMILES string of the molecule is COc1cccc(OCCCN=C2C(=O)N(C(C)(C)C)S(=O)(=O)C2c2ccccc2)c1. The van der Waals surface area contributed by atoms with Crippen molar-refractivity contribution in [2.24, 2.45) is 4.99 Å². The zero-order chi connectivity index (χ0) is 22.6. The Balaban J connectivity index is 1.78. The lowest BCUT2D eigenvalue weighted by atomic mass is 10.1. The Morgan fingerprint density at radius 1 is 1.03 bits per heavy atom. The van der Waals surface area contributed by atoms with Gasteiger partial charge in [0.15, 0.2) is 5.25 Å². The maximum Gasteiger partial charge on any atom is 0.283 e. The van der Waals surface area contributed by atoms with Gasteiger partial charge < -0.3 is 9.47 Å². The molecule has 1 atom stereocenters. The highest BCUT2D eigenvalue weighted by Crippen LogP contribution is 2.38. The van der Waals surface area contributed by atoms with Crippen molar-refractivity contribution in [2.75, 3.05) is 20.3 Å². The summed E-state index contributed by atoms with van der Waals surface area (Å²) in [6.45, 7) is 5.77. The van der Waals surface area contributed by atoms with Crippen LogP contribution >= 0.6 is 0 Å². The van der Waals surface area contributed by atoms with Crippen molar-refractivity contribution in [1.82, 2.24) is 4.31 Å². The summed E-state index contributed by atoms with van der Waals surface area (Å²) < 4.78 is 38.4. The molecule has 1 saturated heterocycles. The van der Waals surface area contributed by atoms with E-state index in [2.05, 4.69) is 4.99 Å². The van der Waals surface area contributed by atoms with Gasteiger partial charge in [-0.15, -0.1) is 0 Å². The number of carbonyl (C=O) groups is 1. The summed E-state index contributed by atoms with van der Waals surface area (Å²) in [7, 11) is -2.33. The van der Waals surface area contributed by atoms with Crippen LogP contribution in [0.25, 0.3) is 0 Å². The third kappa shape index (κ3) is 4.90. The number of benzene rings is 2. The van der Waals surface area contributed by atoms with E-state index in [9.17, 15) is 13.2 Å². The maximum atomic E-state index is 13.3. The molecule has 0 saturated carbocycles. The molecular formula is C23H28N2O5S. The lowest BCUT2D eigenvalue weighted by Gasteiger charge is -2.30. The van der Waals surface area contributed by atoms with Gasteiger partial charge in [-0.25, -0.2) is 12.7 Å². The fourth-order valence-corrected chi connectivity index (χ4v) is 5.78. The summed E-state index contributed by atoms with van der Waals surface area (Å²) in [6, 6.07) is 16.0. The van der Waals surface area contributed by atoms with E-state index in [-0.39, 0.29) is 12.3 Å². The van der Waals surface area contributed by atoms with Crippen LogP contribution in [0, 0.1) is 0 Å². The third-order valence-electron chi connectivity index (χ3n) is 4.81. The van der Waals surface area contributed by atoms with Gasteiger partial charge in [-0.2, -0.15) is 0 Å². The Labute approximate surface area is 183 Å². The second-order valence-corrected chi connectivity index (χ2v) is 10.1. The van der Waals surface area contributed by atoms with Crippen molar-refractivity contribution in [2.45, 2.75) is 38.0 Å². The molecule has 2 aromatic rings. The molecule has 0 aromatic heterocycles. The fourth-order valence-electron chi connectivity index (χ4n) is 3.52. The first-order valence-electron chi connectivity index (χ1n) is 10.1. The molecule has 1 heterocycles. The molecule has 0 bridgehead atoms. The fraction of sp³-hybridized carbons (Fsp3) is 0.391. The quantitative estimate of drug-likeness (QED) is 0.609. The van der Waals surface area contributed by atoms with E-state index in [0.29, 0.717) is 30.1 Å². The molecule has 1 fully saturated rings. The highest BCUT2D eigenvalue weighted by Gasteiger charge is 2.54. The number of ether oxygens (including phenoxy) is 2. The van der Waals surface area contributed by atoms with Crippen LogP contribution in [0.2, 0.25) is 0 Å². The molecule has 0 spiro atoms. The predicted molar refractivity (Wildman–Crippen MR) is 120 cm³/mol. The Bertz CT molecular complexity index is 1060. The molecule has 7 nitrogen and oxygen atoms in total. The van der Waals surface area contributed by atoms with Crippen LogP contribution in [0.4, 0.5) is 0 Å². The minimum Gasteiger partial charge on any atom is -0.497 e. The van der Waals surface area contributed by atoms with Gasteiger partial charge in [0.25, 0.3) is 15.9 Å². The lowest BCUT2D eigenvalue weighted by Crippen LogP contribution is -2.45. The van der Waals surface area contributed by atoms with Gasteiger partial charge in [0, 0.05) is 19.0 Å². The molecule has 3 rings (SSSR count). The van der Waals surface area contributed by atoms with Gasteiger partial charge >= 0.3 is 0 Å². The number of sulfonamides is 1. The molecular weight excluding hydrogens is 416 g/mol. The summed E-state index contributed by atoms with van der Waals surface area (Å²) in [4.78, 5) is 17.5. The van der Waals surface area contributed by atoms with Crippen LogP contribution in [0.15, 0.2) is 59.6 Å². The average molecular weight is 445 g/mol. The van der Waals surface area contributed by atoms with Crippen molar-refractivity contribution in [3.63, 3.8) is 0 Å². The zero-order valence-corrected chi connectivity index (χ0v) is 19.1. The molecule has 8 heteroatoms. The number of carbonyl (C=O) groups excluding carboxylic acids is 1. The van der Waals surface area contributed by atoms with Gasteiger partial charge in [0.2, 0.25) is 0 Å². The third-order valence-corrected chi connectivity index (χ3v) is 7.12. The summed E-state index contributed by atoms with van der Waals surface area (Å²) in [6.07, 6.45) is 0.533. The van der Waals surface area contributed by atoms with Crippen molar-refractivity contribution in [3.8, 4) is 11.5 Å². The number of hydrogen-bond donors (Lipinski definition) is 0. The minimum absolute atomic E-state index is 0.0579. The number of rotatable bonds is 7. The van der Waals surface area contributed by atoms with E-state index >= 15 is 0 Å². The molecule has 2 aromatic carbocycles. The molecule has 1 amide bonds. The summed E-state index contributed by atoms with van der Waals surface area (Å²) in [5.41, 5.74) is -0.285. The van der Waals surface area contributed by atoms with Crippen molar-refractivity contribution in [1.29, 1.82) is 0 Å². The second-order valence-electron chi connectivity index (χ2n) is 8.22. The molecule has 31 heavy (non-hydrogen) atoms. The van der Waals surface area contributed by atoms with E-state index in [1.165, 1.54) is 0 Å². The Morgan fingerprint density at radius 3 is 2.35 bits per heavy atom. The van der Waals surface area contributed by atoms with Gasteiger partial charge in [0.1, 0.15) is 17.2 Å². The number of aliphatic imine (C=N–C) groups is 1. The Morgan fingerprint density at radius 2 is 1.71 bits per heavy atom. The van der Waals surface area contributed by atoms with Crippen LogP contribution in [-0.4, -0.2) is 50.1 Å².